The quantitative estimate of drug-likeness (QED) is 0.434. The Labute approximate surface area is 188 Å². The van der Waals surface area contributed by atoms with E-state index >= 15 is 4.39 Å². The van der Waals surface area contributed by atoms with Gasteiger partial charge in [-0.25, -0.2) is 4.39 Å². The molecule has 7 heteroatoms. The van der Waals surface area contributed by atoms with Gasteiger partial charge in [0.05, 0.1) is 18.9 Å². The Kier molecular flexibility index (Phi) is 8.92. The van der Waals surface area contributed by atoms with Crippen molar-refractivity contribution in [1.29, 1.82) is 0 Å². The van der Waals surface area contributed by atoms with E-state index in [4.69, 9.17) is 4.74 Å². The first-order valence-corrected chi connectivity index (χ1v) is 12.5. The Bertz CT molecular complexity index is 601. The summed E-state index contributed by atoms with van der Waals surface area (Å²) in [5.41, 5.74) is 1.34. The minimum absolute atomic E-state index is 0.00125. The molecule has 2 saturated heterocycles. The third kappa shape index (κ3) is 5.68. The molecule has 8 atom stereocenters. The van der Waals surface area contributed by atoms with Crippen LogP contribution in [0.5, 0.6) is 0 Å². The first kappa shape index (κ1) is 25.1. The smallest absolute Gasteiger partial charge is 0.124 e. The second-order valence-corrected chi connectivity index (χ2v) is 10.2. The van der Waals surface area contributed by atoms with Crippen molar-refractivity contribution in [3.05, 3.63) is 11.6 Å². The molecule has 0 spiro atoms. The van der Waals surface area contributed by atoms with E-state index in [0.717, 1.165) is 45.4 Å². The van der Waals surface area contributed by atoms with Crippen molar-refractivity contribution in [2.24, 2.45) is 17.3 Å². The van der Waals surface area contributed by atoms with E-state index in [1.807, 2.05) is 20.9 Å². The van der Waals surface area contributed by atoms with E-state index in [1.54, 1.807) is 0 Å². The standard InChI is InChI=1S/C22H40FN5O.C2H6/c1-13-10-17(24-4)28-21(26-13)27-16-11-15-20(29-12-22(15,2)3)18(19(16)23)14-6-5-8-25-9-7-14;1-2/h7,13,15-21,24-28H,5-6,8-12H2,1-4H3;1-2H3. The third-order valence-electron chi connectivity index (χ3n) is 7.53. The molecule has 4 rings (SSSR count). The lowest BCUT2D eigenvalue weighted by Gasteiger charge is -2.47. The Hall–Kier alpha value is -0.570. The Balaban J connectivity index is 0.00000132. The number of alkyl halides is 1. The number of hydrogen-bond acceptors (Lipinski definition) is 6. The number of hydrogen-bond donors (Lipinski definition) is 5. The number of rotatable bonds is 4. The first-order chi connectivity index (χ1) is 14.9. The lowest BCUT2D eigenvalue weighted by Crippen LogP contribution is -2.69. The van der Waals surface area contributed by atoms with Crippen LogP contribution in [0, 0.1) is 17.3 Å². The molecule has 0 aromatic heterocycles. The molecule has 0 aromatic carbocycles. The van der Waals surface area contributed by atoms with Crippen LogP contribution in [0.15, 0.2) is 11.6 Å². The molecular weight excluding hydrogens is 393 g/mol. The number of halogens is 1. The molecule has 0 bridgehead atoms. The van der Waals surface area contributed by atoms with Gasteiger partial charge in [-0.3, -0.25) is 16.0 Å². The summed E-state index contributed by atoms with van der Waals surface area (Å²) in [5, 5.41) is 17.4. The molecule has 3 heterocycles. The molecular formula is C24H46FN5O. The Morgan fingerprint density at radius 1 is 1.19 bits per heavy atom. The van der Waals surface area contributed by atoms with Crippen molar-refractivity contribution < 1.29 is 9.13 Å². The van der Waals surface area contributed by atoms with E-state index in [0.29, 0.717) is 12.0 Å². The van der Waals surface area contributed by atoms with Crippen LogP contribution in [-0.4, -0.2) is 63.6 Å². The van der Waals surface area contributed by atoms with Gasteiger partial charge < -0.3 is 15.4 Å². The lowest BCUT2D eigenvalue weighted by molar-refractivity contribution is -0.0283. The molecule has 0 radical (unpaired) electrons. The van der Waals surface area contributed by atoms with Crippen LogP contribution >= 0.6 is 0 Å². The van der Waals surface area contributed by atoms with Crippen molar-refractivity contribution in [2.75, 3.05) is 26.7 Å². The maximum Gasteiger partial charge on any atom is 0.124 e. The van der Waals surface area contributed by atoms with Gasteiger partial charge in [0.2, 0.25) is 0 Å². The predicted octanol–water partition coefficient (Wildman–Crippen LogP) is 2.48. The highest BCUT2D eigenvalue weighted by atomic mass is 19.1. The van der Waals surface area contributed by atoms with E-state index in [9.17, 15) is 0 Å². The average Bonchev–Trinajstić information content (AvgIpc) is 2.92. The number of fused-ring (bicyclic) bond motifs is 1. The summed E-state index contributed by atoms with van der Waals surface area (Å²) in [6, 6.07) is 0.186. The Morgan fingerprint density at radius 2 is 1.97 bits per heavy atom. The summed E-state index contributed by atoms with van der Waals surface area (Å²) >= 11 is 0. The largest absolute Gasteiger partial charge is 0.377 e. The lowest BCUT2D eigenvalue weighted by atomic mass is 9.64. The molecule has 31 heavy (non-hydrogen) atoms. The van der Waals surface area contributed by atoms with Crippen molar-refractivity contribution >= 4 is 0 Å². The highest BCUT2D eigenvalue weighted by Gasteiger charge is 2.55. The molecule has 1 saturated carbocycles. The maximum absolute atomic E-state index is 16.1. The normalized spacial score (nSPS) is 42.6. The highest BCUT2D eigenvalue weighted by Crippen LogP contribution is 2.51. The summed E-state index contributed by atoms with van der Waals surface area (Å²) < 4.78 is 22.3. The van der Waals surface area contributed by atoms with Crippen LogP contribution in [0.2, 0.25) is 0 Å². The molecule has 4 aliphatic rings. The molecule has 1 aliphatic carbocycles. The predicted molar refractivity (Wildman–Crippen MR) is 125 cm³/mol. The third-order valence-corrected chi connectivity index (χ3v) is 7.53. The fraction of sp³-hybridized carbons (Fsp3) is 0.917. The average molecular weight is 440 g/mol. The second-order valence-electron chi connectivity index (χ2n) is 10.2. The van der Waals surface area contributed by atoms with Gasteiger partial charge in [0.25, 0.3) is 0 Å². The minimum atomic E-state index is -0.941. The SMILES string of the molecule is CC.CNC1CC(C)NC(NC2CC3C(OCC3(C)C)C(C3=CCNCCC3)C2F)N1. The molecule has 0 amide bonds. The van der Waals surface area contributed by atoms with Crippen molar-refractivity contribution in [1.82, 2.24) is 26.6 Å². The van der Waals surface area contributed by atoms with Crippen LogP contribution in [-0.2, 0) is 4.74 Å². The van der Waals surface area contributed by atoms with Gasteiger partial charge in [-0.05, 0) is 57.5 Å². The van der Waals surface area contributed by atoms with Crippen LogP contribution < -0.4 is 26.6 Å². The summed E-state index contributed by atoms with van der Waals surface area (Å²) in [6.45, 7) is 13.3. The van der Waals surface area contributed by atoms with E-state index < -0.39 is 6.17 Å². The Morgan fingerprint density at radius 3 is 2.71 bits per heavy atom. The molecule has 0 aromatic rings. The zero-order chi connectivity index (χ0) is 22.6. The zero-order valence-corrected chi connectivity index (χ0v) is 20.4. The molecule has 3 fully saturated rings. The fourth-order valence-corrected chi connectivity index (χ4v) is 5.86. The van der Waals surface area contributed by atoms with Crippen molar-refractivity contribution in [2.45, 2.75) is 97.1 Å². The summed E-state index contributed by atoms with van der Waals surface area (Å²) in [6.07, 6.45) is 5.29. The van der Waals surface area contributed by atoms with Gasteiger partial charge in [0.15, 0.2) is 0 Å². The van der Waals surface area contributed by atoms with Crippen molar-refractivity contribution in [3.8, 4) is 0 Å². The summed E-state index contributed by atoms with van der Waals surface area (Å²) in [4.78, 5) is 0. The summed E-state index contributed by atoms with van der Waals surface area (Å²) in [7, 11) is 1.97. The molecule has 180 valence electrons. The number of nitrogens with one attached hydrogen (secondary N) is 5. The topological polar surface area (TPSA) is 69.4 Å². The zero-order valence-electron chi connectivity index (χ0n) is 20.4. The molecule has 8 unspecified atom stereocenters. The van der Waals surface area contributed by atoms with Crippen LogP contribution in [0.25, 0.3) is 0 Å². The first-order valence-electron chi connectivity index (χ1n) is 12.5. The van der Waals surface area contributed by atoms with Gasteiger partial charge >= 0.3 is 0 Å². The second kappa shape index (κ2) is 11.0. The summed E-state index contributed by atoms with van der Waals surface area (Å²) in [5.74, 6) is 0.226. The van der Waals surface area contributed by atoms with Crippen LogP contribution in [0.3, 0.4) is 0 Å². The van der Waals surface area contributed by atoms with E-state index in [-0.39, 0.29) is 35.9 Å². The molecule has 3 aliphatic heterocycles. The van der Waals surface area contributed by atoms with Crippen LogP contribution in [0.1, 0.15) is 60.3 Å². The van der Waals surface area contributed by atoms with E-state index in [2.05, 4.69) is 53.4 Å². The molecule has 5 N–H and O–H groups in total. The van der Waals surface area contributed by atoms with E-state index in [1.165, 1.54) is 5.57 Å². The van der Waals surface area contributed by atoms with Crippen molar-refractivity contribution in [3.63, 3.8) is 0 Å². The molecule has 6 nitrogen and oxygen atoms in total. The van der Waals surface area contributed by atoms with Gasteiger partial charge in [-0.1, -0.05) is 39.3 Å². The number of ether oxygens (including phenoxy) is 1. The van der Waals surface area contributed by atoms with Gasteiger partial charge in [0.1, 0.15) is 12.5 Å². The highest BCUT2D eigenvalue weighted by molar-refractivity contribution is 5.19. The fourth-order valence-electron chi connectivity index (χ4n) is 5.86. The van der Waals surface area contributed by atoms with Gasteiger partial charge in [-0.2, -0.15) is 0 Å². The van der Waals surface area contributed by atoms with Crippen LogP contribution in [0.4, 0.5) is 4.39 Å². The monoisotopic (exact) mass is 439 g/mol. The van der Waals surface area contributed by atoms with Gasteiger partial charge in [-0.15, -0.1) is 0 Å². The van der Waals surface area contributed by atoms with Gasteiger partial charge in [0, 0.05) is 24.5 Å². The minimum Gasteiger partial charge on any atom is -0.377 e. The maximum atomic E-state index is 16.1.